The molecule has 2 rings (SSSR count). The van der Waals surface area contributed by atoms with Crippen LogP contribution in [0.15, 0.2) is 30.3 Å². The Morgan fingerprint density at radius 1 is 1.19 bits per heavy atom. The van der Waals surface area contributed by atoms with Crippen LogP contribution in [-0.4, -0.2) is 18.6 Å². The van der Waals surface area contributed by atoms with Gasteiger partial charge in [-0.15, -0.1) is 0 Å². The number of aromatic nitrogens is 1. The van der Waals surface area contributed by atoms with E-state index in [1.54, 1.807) is 23.1 Å². The third-order valence-corrected chi connectivity index (χ3v) is 3.55. The van der Waals surface area contributed by atoms with Gasteiger partial charge in [-0.05, 0) is 36.8 Å². The molecule has 0 aliphatic rings. The number of anilines is 3. The van der Waals surface area contributed by atoms with Crippen molar-refractivity contribution in [3.63, 3.8) is 0 Å². The Morgan fingerprint density at radius 3 is 2.48 bits per heavy atom. The Kier molecular flexibility index (Phi) is 5.26. The first-order chi connectivity index (χ1) is 10.0. The molecule has 0 aliphatic heterocycles. The van der Waals surface area contributed by atoms with Crippen molar-refractivity contribution in [3.8, 4) is 0 Å². The summed E-state index contributed by atoms with van der Waals surface area (Å²) in [6.45, 7) is 2.83. The summed E-state index contributed by atoms with van der Waals surface area (Å²) in [7, 11) is 1.82. The first kappa shape index (κ1) is 15.9. The van der Waals surface area contributed by atoms with E-state index in [0.29, 0.717) is 21.7 Å². The number of benzene rings is 1. The van der Waals surface area contributed by atoms with Crippen molar-refractivity contribution in [2.45, 2.75) is 13.3 Å². The van der Waals surface area contributed by atoms with Crippen LogP contribution >= 0.6 is 23.2 Å². The molecule has 0 fully saturated rings. The lowest BCUT2D eigenvalue weighted by Crippen LogP contribution is -2.13. The fourth-order valence-corrected chi connectivity index (χ4v) is 2.40. The van der Waals surface area contributed by atoms with Gasteiger partial charge in [-0.25, -0.2) is 9.37 Å². The minimum absolute atomic E-state index is 0.285. The largest absolute Gasteiger partial charge is 0.369 e. The molecule has 0 spiro atoms. The van der Waals surface area contributed by atoms with Crippen LogP contribution < -0.4 is 10.2 Å². The average molecular weight is 328 g/mol. The zero-order chi connectivity index (χ0) is 15.4. The van der Waals surface area contributed by atoms with Crippen molar-refractivity contribution in [3.05, 3.63) is 46.2 Å². The maximum Gasteiger partial charge on any atom is 0.154 e. The molecular formula is C15H16Cl2FN3. The molecule has 21 heavy (non-hydrogen) atoms. The first-order valence-corrected chi connectivity index (χ1v) is 7.37. The Morgan fingerprint density at radius 2 is 1.86 bits per heavy atom. The standard InChI is InChI=1S/C15H16Cl2FN3/c1-3-8-19-14-12(16)9-13(17)15(20-14)21(2)11-6-4-10(18)5-7-11/h4-7,9H,3,8H2,1-2H3,(H,19,20). The zero-order valence-corrected chi connectivity index (χ0v) is 13.3. The van der Waals surface area contributed by atoms with Gasteiger partial charge >= 0.3 is 0 Å². The molecule has 1 aromatic heterocycles. The summed E-state index contributed by atoms with van der Waals surface area (Å²) in [5, 5.41) is 4.07. The van der Waals surface area contributed by atoms with Crippen LogP contribution in [0, 0.1) is 5.82 Å². The highest BCUT2D eigenvalue weighted by Crippen LogP contribution is 2.34. The van der Waals surface area contributed by atoms with Crippen molar-refractivity contribution in [2.75, 3.05) is 23.8 Å². The van der Waals surface area contributed by atoms with Gasteiger partial charge in [-0.1, -0.05) is 30.1 Å². The molecule has 3 nitrogen and oxygen atoms in total. The molecule has 0 bridgehead atoms. The highest BCUT2D eigenvalue weighted by atomic mass is 35.5. The van der Waals surface area contributed by atoms with Crippen LogP contribution in [0.4, 0.5) is 21.7 Å². The van der Waals surface area contributed by atoms with E-state index < -0.39 is 0 Å². The molecule has 0 amide bonds. The van der Waals surface area contributed by atoms with Gasteiger partial charge < -0.3 is 10.2 Å². The summed E-state index contributed by atoms with van der Waals surface area (Å²) in [6.07, 6.45) is 0.962. The van der Waals surface area contributed by atoms with Crippen LogP contribution in [-0.2, 0) is 0 Å². The van der Waals surface area contributed by atoms with Gasteiger partial charge in [0.2, 0.25) is 0 Å². The van der Waals surface area contributed by atoms with Crippen molar-refractivity contribution in [1.29, 1.82) is 0 Å². The van der Waals surface area contributed by atoms with Gasteiger partial charge in [0.05, 0.1) is 10.0 Å². The molecule has 0 aliphatic carbocycles. The molecule has 1 N–H and O–H groups in total. The molecule has 1 aromatic carbocycles. The molecule has 0 saturated carbocycles. The Bertz CT molecular complexity index is 617. The lowest BCUT2D eigenvalue weighted by molar-refractivity contribution is 0.628. The summed E-state index contributed by atoms with van der Waals surface area (Å²) >= 11 is 12.4. The van der Waals surface area contributed by atoms with Crippen LogP contribution in [0.25, 0.3) is 0 Å². The minimum atomic E-state index is -0.285. The lowest BCUT2D eigenvalue weighted by Gasteiger charge is -2.21. The molecule has 0 radical (unpaired) electrons. The minimum Gasteiger partial charge on any atom is -0.369 e. The van der Waals surface area contributed by atoms with Gasteiger partial charge in [0.25, 0.3) is 0 Å². The Labute approximate surface area is 133 Å². The third-order valence-electron chi connectivity index (χ3n) is 2.99. The quantitative estimate of drug-likeness (QED) is 0.826. The van der Waals surface area contributed by atoms with E-state index in [1.807, 2.05) is 7.05 Å². The van der Waals surface area contributed by atoms with E-state index in [4.69, 9.17) is 23.2 Å². The van der Waals surface area contributed by atoms with E-state index in [9.17, 15) is 4.39 Å². The number of halogens is 3. The molecule has 6 heteroatoms. The second-order valence-corrected chi connectivity index (χ2v) is 5.40. The summed E-state index contributed by atoms with van der Waals surface area (Å²) in [6, 6.07) is 7.78. The second-order valence-electron chi connectivity index (χ2n) is 4.59. The molecule has 0 unspecified atom stereocenters. The van der Waals surface area contributed by atoms with E-state index in [-0.39, 0.29) is 5.82 Å². The van der Waals surface area contributed by atoms with Crippen LogP contribution in [0.1, 0.15) is 13.3 Å². The number of rotatable bonds is 5. The number of nitrogens with one attached hydrogen (secondary N) is 1. The van der Waals surface area contributed by atoms with E-state index in [0.717, 1.165) is 18.7 Å². The van der Waals surface area contributed by atoms with E-state index in [1.165, 1.54) is 12.1 Å². The number of hydrogen-bond acceptors (Lipinski definition) is 3. The number of nitrogens with zero attached hydrogens (tertiary/aromatic N) is 2. The average Bonchev–Trinajstić information content (AvgIpc) is 2.46. The summed E-state index contributed by atoms with van der Waals surface area (Å²) in [4.78, 5) is 6.25. The summed E-state index contributed by atoms with van der Waals surface area (Å²) in [5.41, 5.74) is 0.787. The predicted molar refractivity (Wildman–Crippen MR) is 87.5 cm³/mol. The van der Waals surface area contributed by atoms with Crippen molar-refractivity contribution >= 4 is 40.5 Å². The molecule has 0 saturated heterocycles. The molecule has 112 valence electrons. The fraction of sp³-hybridized carbons (Fsp3) is 0.267. The highest BCUT2D eigenvalue weighted by molar-refractivity contribution is 6.37. The van der Waals surface area contributed by atoms with E-state index in [2.05, 4.69) is 17.2 Å². The summed E-state index contributed by atoms with van der Waals surface area (Å²) in [5.74, 6) is 0.866. The predicted octanol–water partition coefficient (Wildman–Crippen LogP) is 5.12. The number of hydrogen-bond donors (Lipinski definition) is 1. The highest BCUT2D eigenvalue weighted by Gasteiger charge is 2.14. The monoisotopic (exact) mass is 327 g/mol. The number of pyridine rings is 1. The maximum atomic E-state index is 13.0. The van der Waals surface area contributed by atoms with Gasteiger partial charge in [0, 0.05) is 19.3 Å². The topological polar surface area (TPSA) is 28.2 Å². The van der Waals surface area contributed by atoms with E-state index >= 15 is 0 Å². The Balaban J connectivity index is 2.35. The SMILES string of the molecule is CCCNc1nc(N(C)c2ccc(F)cc2)c(Cl)cc1Cl. The second kappa shape index (κ2) is 6.96. The smallest absolute Gasteiger partial charge is 0.154 e. The van der Waals surface area contributed by atoms with Gasteiger partial charge in [-0.3, -0.25) is 0 Å². The van der Waals surface area contributed by atoms with Crippen LogP contribution in [0.5, 0.6) is 0 Å². The van der Waals surface area contributed by atoms with Crippen LogP contribution in [0.2, 0.25) is 10.0 Å². The van der Waals surface area contributed by atoms with Crippen molar-refractivity contribution in [1.82, 2.24) is 4.98 Å². The third kappa shape index (κ3) is 3.77. The molecule has 2 aromatic rings. The van der Waals surface area contributed by atoms with Crippen LogP contribution in [0.3, 0.4) is 0 Å². The molecule has 0 atom stereocenters. The maximum absolute atomic E-state index is 13.0. The fourth-order valence-electron chi connectivity index (χ4n) is 1.85. The van der Waals surface area contributed by atoms with Crippen molar-refractivity contribution in [2.24, 2.45) is 0 Å². The molecular weight excluding hydrogens is 312 g/mol. The first-order valence-electron chi connectivity index (χ1n) is 6.62. The van der Waals surface area contributed by atoms with Gasteiger partial charge in [-0.2, -0.15) is 0 Å². The van der Waals surface area contributed by atoms with Gasteiger partial charge in [0.1, 0.15) is 11.6 Å². The van der Waals surface area contributed by atoms with Gasteiger partial charge in [0.15, 0.2) is 5.82 Å². The Hall–Kier alpha value is -1.52. The zero-order valence-electron chi connectivity index (χ0n) is 11.8. The molecule has 1 heterocycles. The lowest BCUT2D eigenvalue weighted by atomic mass is 10.3. The normalized spacial score (nSPS) is 10.5. The van der Waals surface area contributed by atoms with Crippen molar-refractivity contribution < 1.29 is 4.39 Å². The summed E-state index contributed by atoms with van der Waals surface area (Å²) < 4.78 is 13.0.